The van der Waals surface area contributed by atoms with Gasteiger partial charge in [0.1, 0.15) is 0 Å². The van der Waals surface area contributed by atoms with Gasteiger partial charge in [0.05, 0.1) is 0 Å². The summed E-state index contributed by atoms with van der Waals surface area (Å²) in [5, 5.41) is 3.47. The van der Waals surface area contributed by atoms with E-state index in [4.69, 9.17) is 19.2 Å². The van der Waals surface area contributed by atoms with Gasteiger partial charge in [0, 0.05) is 4.70 Å². The van der Waals surface area contributed by atoms with Crippen molar-refractivity contribution in [2.45, 2.75) is 0 Å². The molecule has 0 saturated carbocycles. The summed E-state index contributed by atoms with van der Waals surface area (Å²) in [4.78, 5) is 25.6. The van der Waals surface area contributed by atoms with Crippen LogP contribution in [-0.4, -0.2) is 0 Å². The van der Waals surface area contributed by atoms with Gasteiger partial charge >= 0.3 is 0 Å². The Kier molecular flexibility index (Phi) is 3.80. The summed E-state index contributed by atoms with van der Waals surface area (Å²) >= 11 is 1.79. The third kappa shape index (κ3) is 4.50. The maximum atomic E-state index is 8.55. The van der Waals surface area contributed by atoms with Crippen molar-refractivity contribution in [3.63, 3.8) is 0 Å². The summed E-state index contributed by atoms with van der Waals surface area (Å²) in [7, 11) is -5.39. The quantitative estimate of drug-likeness (QED) is 0.598. The number of rotatable bonds is 0. The minimum absolute atomic E-state index is 1.35. The molecule has 0 atom stereocenters. The molecule has 0 fully saturated rings. The summed E-state index contributed by atoms with van der Waals surface area (Å²) in [6.07, 6.45) is 0. The van der Waals surface area contributed by atoms with Crippen LogP contribution in [0, 0.1) is 0 Å². The maximum Gasteiger partial charge on any atom is 0.0342 e. The van der Waals surface area contributed by atoms with E-state index >= 15 is 0 Å². The first-order valence-corrected chi connectivity index (χ1v) is 5.96. The predicted octanol–water partition coefficient (Wildman–Crippen LogP) is 0.0767. The first kappa shape index (κ1) is 11.4. The van der Waals surface area contributed by atoms with Crippen molar-refractivity contribution in [2.24, 2.45) is 0 Å². The second-order valence-electron chi connectivity index (χ2n) is 2.41. The number of hydrogen-bond acceptors (Lipinski definition) is 5. The fraction of sp³-hybridized carbons (Fsp3) is 0. The number of hydrogen-bond donors (Lipinski definition) is 0. The summed E-state index contributed by atoms with van der Waals surface area (Å²) in [6, 6.07) is 10.5. The fourth-order valence-corrected chi connectivity index (χ4v) is 1.70. The monoisotopic (exact) mass is 229 g/mol. The topological polar surface area (TPSA) is 86.2 Å². The number of phosphoric acid groups is 1. The molecular weight excluding hydrogens is 223 g/mol. The van der Waals surface area contributed by atoms with Crippen LogP contribution in [0.2, 0.25) is 0 Å². The lowest BCUT2D eigenvalue weighted by molar-refractivity contribution is -0.432. The van der Waals surface area contributed by atoms with Gasteiger partial charge in [-0.05, 0) is 22.9 Å². The lowest BCUT2D eigenvalue weighted by Gasteiger charge is -2.36. The Balaban J connectivity index is 0.000000171. The zero-order chi connectivity index (χ0) is 10.6. The Morgan fingerprint density at radius 2 is 1.64 bits per heavy atom. The highest BCUT2D eigenvalue weighted by atomic mass is 32.1. The molecule has 2 aromatic rings. The molecule has 0 aliphatic carbocycles. The highest BCUT2D eigenvalue weighted by Crippen LogP contribution is 2.18. The van der Waals surface area contributed by atoms with Gasteiger partial charge in [-0.3, -0.25) is 0 Å². The maximum absolute atomic E-state index is 8.55. The lowest BCUT2D eigenvalue weighted by Crippen LogP contribution is -2.24. The molecule has 2 rings (SSSR count). The molecule has 0 bridgehead atoms. The molecule has 0 N–H and O–H groups in total. The average Bonchev–Trinajstić information content (AvgIpc) is 2.47. The Labute approximate surface area is 84.7 Å². The molecule has 0 radical (unpaired) electrons. The van der Waals surface area contributed by atoms with Gasteiger partial charge in [-0.15, -0.1) is 11.3 Å². The van der Waals surface area contributed by atoms with Gasteiger partial charge in [0.25, 0.3) is 0 Å². The molecule has 4 nitrogen and oxygen atoms in total. The molecule has 0 aliphatic heterocycles. The highest BCUT2D eigenvalue weighted by Gasteiger charge is 1.87. The van der Waals surface area contributed by atoms with Gasteiger partial charge in [-0.25, -0.2) is 0 Å². The summed E-state index contributed by atoms with van der Waals surface area (Å²) < 4.78 is 9.92. The molecule has 1 heterocycles. The van der Waals surface area contributed by atoms with E-state index in [0.29, 0.717) is 0 Å². The van der Waals surface area contributed by atoms with Crippen LogP contribution in [-0.2, 0) is 4.57 Å². The van der Waals surface area contributed by atoms with Crippen LogP contribution >= 0.6 is 19.2 Å². The SMILES string of the molecule is O=P([O-])([O-])[O-].c1ccc2sccc2c1. The summed E-state index contributed by atoms with van der Waals surface area (Å²) in [6.45, 7) is 0. The van der Waals surface area contributed by atoms with Crippen molar-refractivity contribution in [3.05, 3.63) is 35.7 Å². The van der Waals surface area contributed by atoms with E-state index in [1.807, 2.05) is 0 Å². The zero-order valence-electron chi connectivity index (χ0n) is 6.95. The normalized spacial score (nSPS) is 10.8. The van der Waals surface area contributed by atoms with Crippen molar-refractivity contribution < 1.29 is 19.2 Å². The van der Waals surface area contributed by atoms with Crippen LogP contribution < -0.4 is 14.7 Å². The second kappa shape index (κ2) is 4.68. The first-order valence-electron chi connectivity index (χ1n) is 3.62. The van der Waals surface area contributed by atoms with Crippen LogP contribution in [0.25, 0.3) is 10.1 Å². The molecular formula is C8H6O4PS-3. The van der Waals surface area contributed by atoms with Gasteiger partial charge < -0.3 is 19.2 Å². The zero-order valence-corrected chi connectivity index (χ0v) is 8.66. The molecule has 76 valence electrons. The van der Waals surface area contributed by atoms with Gasteiger partial charge in [-0.2, -0.15) is 7.82 Å². The van der Waals surface area contributed by atoms with E-state index in [9.17, 15) is 0 Å². The van der Waals surface area contributed by atoms with Crippen LogP contribution in [0.5, 0.6) is 0 Å². The van der Waals surface area contributed by atoms with E-state index in [1.54, 1.807) is 11.3 Å². The molecule has 0 aliphatic rings. The number of thiophene rings is 1. The Hall–Kier alpha value is -0.710. The minimum atomic E-state index is -5.39. The molecule has 0 spiro atoms. The smallest absolute Gasteiger partial charge is 0.0342 e. The molecule has 1 aromatic carbocycles. The highest BCUT2D eigenvalue weighted by molar-refractivity contribution is 7.40. The number of benzene rings is 1. The first-order chi connectivity index (χ1) is 6.47. The number of fused-ring (bicyclic) bond motifs is 1. The summed E-state index contributed by atoms with van der Waals surface area (Å²) in [5.74, 6) is 0. The molecule has 0 amide bonds. The van der Waals surface area contributed by atoms with Gasteiger partial charge in [0.15, 0.2) is 0 Å². The van der Waals surface area contributed by atoms with E-state index in [0.717, 1.165) is 0 Å². The lowest BCUT2D eigenvalue weighted by atomic mass is 10.3. The van der Waals surface area contributed by atoms with Crippen LogP contribution in [0.15, 0.2) is 35.7 Å². The van der Waals surface area contributed by atoms with Crippen molar-refractivity contribution in [2.75, 3.05) is 0 Å². The van der Waals surface area contributed by atoms with E-state index in [2.05, 4.69) is 35.7 Å². The molecule has 0 saturated heterocycles. The van der Waals surface area contributed by atoms with E-state index in [-0.39, 0.29) is 0 Å². The van der Waals surface area contributed by atoms with Crippen molar-refractivity contribution in [1.82, 2.24) is 0 Å². The molecule has 6 heteroatoms. The largest absolute Gasteiger partial charge is 0.822 e. The van der Waals surface area contributed by atoms with Gasteiger partial charge in [-0.1, -0.05) is 18.2 Å². The van der Waals surface area contributed by atoms with E-state index < -0.39 is 7.82 Å². The third-order valence-electron chi connectivity index (χ3n) is 1.36. The summed E-state index contributed by atoms with van der Waals surface area (Å²) in [5.41, 5.74) is 0. The van der Waals surface area contributed by atoms with Crippen LogP contribution in [0.4, 0.5) is 0 Å². The van der Waals surface area contributed by atoms with Crippen LogP contribution in [0.3, 0.4) is 0 Å². The Morgan fingerprint density at radius 1 is 1.07 bits per heavy atom. The van der Waals surface area contributed by atoms with Crippen molar-refractivity contribution >= 4 is 29.2 Å². The van der Waals surface area contributed by atoms with Gasteiger partial charge in [0.2, 0.25) is 0 Å². The van der Waals surface area contributed by atoms with E-state index in [1.165, 1.54) is 10.1 Å². The minimum Gasteiger partial charge on any atom is -0.822 e. The molecule has 0 unspecified atom stereocenters. The van der Waals surface area contributed by atoms with Crippen molar-refractivity contribution in [1.29, 1.82) is 0 Å². The predicted molar refractivity (Wildman–Crippen MR) is 49.4 cm³/mol. The molecule has 1 aromatic heterocycles. The Bertz CT molecular complexity index is 409. The average molecular weight is 229 g/mol. The third-order valence-corrected chi connectivity index (χ3v) is 2.26. The second-order valence-corrected chi connectivity index (χ2v) is 4.25. The Morgan fingerprint density at radius 3 is 2.21 bits per heavy atom. The standard InChI is InChI=1S/C8H6S.H3O4P/c1-2-4-8-7(3-1)5-6-9-8;1-5(2,3)4/h1-6H;(H3,1,2,3,4)/p-3. The van der Waals surface area contributed by atoms with Crippen molar-refractivity contribution in [3.8, 4) is 0 Å². The fourth-order valence-electron chi connectivity index (χ4n) is 0.906. The molecule has 14 heavy (non-hydrogen) atoms. The van der Waals surface area contributed by atoms with Crippen LogP contribution in [0.1, 0.15) is 0 Å².